The molecule has 0 radical (unpaired) electrons. The van der Waals surface area contributed by atoms with Crippen molar-refractivity contribution >= 4 is 16.8 Å². The molecule has 1 unspecified atom stereocenters. The zero-order valence-electron chi connectivity index (χ0n) is 16.5. The quantitative estimate of drug-likeness (QED) is 0.686. The van der Waals surface area contributed by atoms with Crippen LogP contribution in [0.25, 0.3) is 10.9 Å². The number of fused-ring (bicyclic) bond motifs is 1. The van der Waals surface area contributed by atoms with Crippen molar-refractivity contribution in [1.29, 1.82) is 0 Å². The van der Waals surface area contributed by atoms with E-state index in [1.165, 1.54) is 32.1 Å². The first-order valence-corrected chi connectivity index (χ1v) is 10.7. The van der Waals surface area contributed by atoms with Crippen molar-refractivity contribution in [3.63, 3.8) is 0 Å². The van der Waals surface area contributed by atoms with Gasteiger partial charge in [-0.1, -0.05) is 30.7 Å². The molecule has 148 valence electrons. The number of rotatable bonds is 4. The summed E-state index contributed by atoms with van der Waals surface area (Å²) in [5.74, 6) is 2.18. The van der Waals surface area contributed by atoms with E-state index in [0.717, 1.165) is 42.3 Å². The van der Waals surface area contributed by atoms with Gasteiger partial charge < -0.3 is 9.47 Å². The van der Waals surface area contributed by atoms with Gasteiger partial charge in [-0.25, -0.2) is 4.98 Å². The Morgan fingerprint density at radius 3 is 2.79 bits per heavy atom. The first-order valence-electron chi connectivity index (χ1n) is 10.7. The van der Waals surface area contributed by atoms with Crippen molar-refractivity contribution in [2.24, 2.45) is 11.3 Å². The zero-order chi connectivity index (χ0) is 19.4. The molecule has 2 aromatic heterocycles. The number of para-hydroxylation sites is 1. The Labute approximate surface area is 169 Å². The second kappa shape index (κ2) is 6.37. The van der Waals surface area contributed by atoms with E-state index in [1.807, 2.05) is 47.6 Å². The molecule has 0 N–H and O–H groups in total. The van der Waals surface area contributed by atoms with Crippen LogP contribution >= 0.6 is 0 Å². The molecule has 29 heavy (non-hydrogen) atoms. The number of aromatic nitrogens is 4. The second-order valence-corrected chi connectivity index (χ2v) is 9.13. The van der Waals surface area contributed by atoms with Crippen LogP contribution in [0.5, 0.6) is 0 Å². The van der Waals surface area contributed by atoms with Crippen LogP contribution in [0.15, 0.2) is 42.7 Å². The van der Waals surface area contributed by atoms with E-state index in [2.05, 4.69) is 19.7 Å². The Bertz CT molecular complexity index is 1080. The van der Waals surface area contributed by atoms with Crippen molar-refractivity contribution in [2.75, 3.05) is 13.1 Å². The zero-order valence-corrected chi connectivity index (χ0v) is 16.5. The fourth-order valence-electron chi connectivity index (χ4n) is 5.22. The number of hydrogen-bond donors (Lipinski definition) is 0. The molecule has 2 aliphatic carbocycles. The summed E-state index contributed by atoms with van der Waals surface area (Å²) in [5.41, 5.74) is 1.58. The summed E-state index contributed by atoms with van der Waals surface area (Å²) in [6.45, 7) is 2.55. The average molecular weight is 387 g/mol. The standard InChI is InChI=1S/C23H25N5O/c29-22(20-9-8-17-4-1-2-5-19(17)25-20)27-13-18(23(14-27)10-3-11-23)21-26-24-15-28(21)12-16-6-7-16/h1-2,4-5,8-9,15-16,18H,3,6-7,10-14H2. The van der Waals surface area contributed by atoms with Crippen molar-refractivity contribution in [2.45, 2.75) is 44.6 Å². The Balaban J connectivity index is 1.29. The number of pyridine rings is 1. The fraction of sp³-hybridized carbons (Fsp3) is 0.478. The molecule has 1 aliphatic heterocycles. The SMILES string of the molecule is O=C(c1ccc2ccccc2n1)N1CC(c2nncn2CC2CC2)C2(CCC2)C1. The van der Waals surface area contributed by atoms with Gasteiger partial charge in [0, 0.05) is 30.9 Å². The summed E-state index contributed by atoms with van der Waals surface area (Å²) in [5, 5.41) is 9.82. The Morgan fingerprint density at radius 2 is 2.00 bits per heavy atom. The highest BCUT2D eigenvalue weighted by atomic mass is 16.2. The van der Waals surface area contributed by atoms with Gasteiger partial charge in [0.25, 0.3) is 5.91 Å². The number of nitrogens with zero attached hydrogens (tertiary/aromatic N) is 5. The van der Waals surface area contributed by atoms with Crippen LogP contribution in [0.3, 0.4) is 0 Å². The highest BCUT2D eigenvalue weighted by molar-refractivity contribution is 5.95. The van der Waals surface area contributed by atoms with E-state index in [0.29, 0.717) is 5.69 Å². The highest BCUT2D eigenvalue weighted by Gasteiger charge is 2.53. The second-order valence-electron chi connectivity index (χ2n) is 9.13. The van der Waals surface area contributed by atoms with E-state index >= 15 is 0 Å². The van der Waals surface area contributed by atoms with E-state index in [4.69, 9.17) is 0 Å². The van der Waals surface area contributed by atoms with Gasteiger partial charge in [0.05, 0.1) is 5.52 Å². The smallest absolute Gasteiger partial charge is 0.272 e. The third-order valence-electron chi connectivity index (χ3n) is 7.21. The lowest BCUT2D eigenvalue weighted by Gasteiger charge is -2.42. The third-order valence-corrected chi connectivity index (χ3v) is 7.21. The van der Waals surface area contributed by atoms with Crippen LogP contribution in [0.2, 0.25) is 0 Å². The van der Waals surface area contributed by atoms with Crippen molar-refractivity contribution in [3.8, 4) is 0 Å². The van der Waals surface area contributed by atoms with Crippen LogP contribution in [0.1, 0.15) is 54.3 Å². The van der Waals surface area contributed by atoms with Gasteiger partial charge in [-0.15, -0.1) is 10.2 Å². The summed E-state index contributed by atoms with van der Waals surface area (Å²) >= 11 is 0. The predicted molar refractivity (Wildman–Crippen MR) is 109 cm³/mol. The molecular weight excluding hydrogens is 362 g/mol. The van der Waals surface area contributed by atoms with Gasteiger partial charge in [-0.3, -0.25) is 4.79 Å². The minimum absolute atomic E-state index is 0.0396. The van der Waals surface area contributed by atoms with E-state index in [9.17, 15) is 4.79 Å². The molecule has 6 heteroatoms. The minimum Gasteiger partial charge on any atom is -0.336 e. The van der Waals surface area contributed by atoms with E-state index in [1.54, 1.807) is 0 Å². The maximum atomic E-state index is 13.3. The van der Waals surface area contributed by atoms with Crippen molar-refractivity contribution in [1.82, 2.24) is 24.6 Å². The van der Waals surface area contributed by atoms with Gasteiger partial charge in [-0.05, 0) is 49.1 Å². The number of likely N-dealkylation sites (tertiary alicyclic amines) is 1. The van der Waals surface area contributed by atoms with E-state index < -0.39 is 0 Å². The van der Waals surface area contributed by atoms with Crippen molar-refractivity contribution < 1.29 is 4.79 Å². The summed E-state index contributed by atoms with van der Waals surface area (Å²) < 4.78 is 2.25. The van der Waals surface area contributed by atoms with Gasteiger partial charge in [0.15, 0.2) is 0 Å². The number of carbonyl (C=O) groups is 1. The fourth-order valence-corrected chi connectivity index (χ4v) is 5.22. The molecule has 1 amide bonds. The Hall–Kier alpha value is -2.76. The third kappa shape index (κ3) is 2.84. The van der Waals surface area contributed by atoms with Crippen LogP contribution in [-0.2, 0) is 6.54 Å². The number of hydrogen-bond acceptors (Lipinski definition) is 4. The molecule has 3 heterocycles. The maximum Gasteiger partial charge on any atom is 0.272 e. The minimum atomic E-state index is 0.0396. The molecule has 6 rings (SSSR count). The number of benzene rings is 1. The van der Waals surface area contributed by atoms with Crippen LogP contribution in [0, 0.1) is 11.3 Å². The lowest BCUT2D eigenvalue weighted by Crippen LogP contribution is -2.38. The first-order chi connectivity index (χ1) is 14.2. The van der Waals surface area contributed by atoms with Crippen LogP contribution < -0.4 is 0 Å². The normalized spacial score (nSPS) is 22.9. The molecule has 1 spiro atoms. The summed E-state index contributed by atoms with van der Waals surface area (Å²) in [7, 11) is 0. The summed E-state index contributed by atoms with van der Waals surface area (Å²) in [6, 6.07) is 11.8. The van der Waals surface area contributed by atoms with Gasteiger partial charge in [-0.2, -0.15) is 0 Å². The monoisotopic (exact) mass is 387 g/mol. The molecule has 1 atom stereocenters. The lowest BCUT2D eigenvalue weighted by molar-refractivity contribution is 0.0718. The predicted octanol–water partition coefficient (Wildman–Crippen LogP) is 3.65. The van der Waals surface area contributed by atoms with Gasteiger partial charge in [0.2, 0.25) is 0 Å². The highest BCUT2D eigenvalue weighted by Crippen LogP contribution is 2.55. The molecule has 1 saturated heterocycles. The summed E-state index contributed by atoms with van der Waals surface area (Å²) in [6.07, 6.45) is 8.09. The first kappa shape index (κ1) is 17.1. The molecule has 3 fully saturated rings. The maximum absolute atomic E-state index is 13.3. The van der Waals surface area contributed by atoms with Crippen LogP contribution in [0.4, 0.5) is 0 Å². The lowest BCUT2D eigenvalue weighted by atomic mass is 9.62. The summed E-state index contributed by atoms with van der Waals surface area (Å²) in [4.78, 5) is 20.0. The van der Waals surface area contributed by atoms with Gasteiger partial charge >= 0.3 is 0 Å². The molecule has 6 nitrogen and oxygen atoms in total. The van der Waals surface area contributed by atoms with Crippen molar-refractivity contribution in [3.05, 3.63) is 54.2 Å². The Morgan fingerprint density at radius 1 is 1.14 bits per heavy atom. The molecule has 1 aromatic carbocycles. The van der Waals surface area contributed by atoms with E-state index in [-0.39, 0.29) is 17.2 Å². The molecular formula is C23H25N5O. The molecule has 3 aliphatic rings. The number of amides is 1. The Kier molecular flexibility index (Phi) is 3.76. The average Bonchev–Trinajstić information content (AvgIpc) is 3.25. The molecule has 0 bridgehead atoms. The molecule has 2 saturated carbocycles. The van der Waals surface area contributed by atoms with Gasteiger partial charge in [0.1, 0.15) is 17.8 Å². The topological polar surface area (TPSA) is 63.9 Å². The largest absolute Gasteiger partial charge is 0.336 e. The molecule has 3 aromatic rings. The number of carbonyl (C=O) groups excluding carboxylic acids is 1. The van der Waals surface area contributed by atoms with Crippen LogP contribution in [-0.4, -0.2) is 43.6 Å².